The Morgan fingerprint density at radius 3 is 2.40 bits per heavy atom. The fourth-order valence-electron chi connectivity index (χ4n) is 1.98. The number of carbonyl (C=O) groups is 1. The zero-order valence-corrected chi connectivity index (χ0v) is 12.1. The van der Waals surface area contributed by atoms with Gasteiger partial charge >= 0.3 is 0 Å². The molecule has 104 valence electrons. The Hall–Kier alpha value is -1.87. The first-order chi connectivity index (χ1) is 9.47. The average molecular weight is 292 g/mol. The maximum atomic E-state index is 12.9. The highest BCUT2D eigenvalue weighted by Crippen LogP contribution is 2.24. The molecule has 0 aliphatic heterocycles. The Labute approximate surface area is 122 Å². The lowest BCUT2D eigenvalue weighted by atomic mass is 10.1. The lowest BCUT2D eigenvalue weighted by molar-refractivity contribution is 0.101. The lowest BCUT2D eigenvalue weighted by Gasteiger charge is -2.20. The van der Waals surface area contributed by atoms with E-state index in [1.54, 1.807) is 24.3 Å². The van der Waals surface area contributed by atoms with Crippen molar-refractivity contribution in [3.05, 3.63) is 64.4 Å². The molecule has 0 radical (unpaired) electrons. The van der Waals surface area contributed by atoms with Gasteiger partial charge in [-0.05, 0) is 42.8 Å². The third-order valence-electron chi connectivity index (χ3n) is 3.11. The van der Waals surface area contributed by atoms with Crippen LogP contribution in [0.2, 0.25) is 5.02 Å². The number of benzene rings is 2. The third kappa shape index (κ3) is 3.36. The second-order valence-electron chi connectivity index (χ2n) is 4.70. The van der Waals surface area contributed by atoms with Gasteiger partial charge in [0.2, 0.25) is 0 Å². The molecule has 0 heterocycles. The number of halogens is 2. The maximum absolute atomic E-state index is 12.9. The summed E-state index contributed by atoms with van der Waals surface area (Å²) in [5.41, 5.74) is 2.43. The number of carbonyl (C=O) groups excluding carboxylic acids is 1. The van der Waals surface area contributed by atoms with E-state index >= 15 is 0 Å². The average Bonchev–Trinajstić information content (AvgIpc) is 2.40. The third-order valence-corrected chi connectivity index (χ3v) is 3.42. The number of hydrogen-bond donors (Lipinski definition) is 0. The quantitative estimate of drug-likeness (QED) is 0.782. The van der Waals surface area contributed by atoms with Crippen LogP contribution in [0.25, 0.3) is 0 Å². The van der Waals surface area contributed by atoms with Crippen LogP contribution in [0.5, 0.6) is 0 Å². The molecule has 20 heavy (non-hydrogen) atoms. The first kappa shape index (κ1) is 14.5. The molecule has 2 rings (SSSR count). The van der Waals surface area contributed by atoms with Crippen LogP contribution in [-0.2, 0) is 6.54 Å². The van der Waals surface area contributed by atoms with Crippen molar-refractivity contribution in [3.8, 4) is 0 Å². The second kappa shape index (κ2) is 6.06. The topological polar surface area (TPSA) is 20.3 Å². The highest BCUT2D eigenvalue weighted by Gasteiger charge is 2.09. The first-order valence-electron chi connectivity index (χ1n) is 6.23. The first-order valence-corrected chi connectivity index (χ1v) is 6.61. The summed E-state index contributed by atoms with van der Waals surface area (Å²) in [7, 11) is 1.92. The Balaban J connectivity index is 2.17. The van der Waals surface area contributed by atoms with Crippen molar-refractivity contribution in [2.24, 2.45) is 0 Å². The second-order valence-corrected chi connectivity index (χ2v) is 5.11. The van der Waals surface area contributed by atoms with Gasteiger partial charge in [0.25, 0.3) is 0 Å². The zero-order chi connectivity index (χ0) is 14.7. The monoisotopic (exact) mass is 291 g/mol. The van der Waals surface area contributed by atoms with E-state index in [1.807, 2.05) is 18.0 Å². The smallest absolute Gasteiger partial charge is 0.161 e. The maximum Gasteiger partial charge on any atom is 0.161 e. The predicted octanol–water partition coefficient (Wildman–Crippen LogP) is 4.32. The van der Waals surface area contributed by atoms with E-state index in [9.17, 15) is 9.18 Å². The molecule has 0 saturated heterocycles. The number of hydrogen-bond acceptors (Lipinski definition) is 2. The molecule has 0 aromatic heterocycles. The van der Waals surface area contributed by atoms with Crippen LogP contribution in [0.15, 0.2) is 42.5 Å². The number of nitrogens with zero attached hydrogens (tertiary/aromatic N) is 1. The zero-order valence-electron chi connectivity index (χ0n) is 11.4. The molecule has 0 amide bonds. The molecule has 0 saturated carbocycles. The summed E-state index contributed by atoms with van der Waals surface area (Å²) in [6, 6.07) is 11.7. The molecular weight excluding hydrogens is 277 g/mol. The normalized spacial score (nSPS) is 10.4. The highest BCUT2D eigenvalue weighted by atomic mass is 35.5. The van der Waals surface area contributed by atoms with Gasteiger partial charge in [0.05, 0.1) is 5.02 Å². The summed E-state index contributed by atoms with van der Waals surface area (Å²) in [5.74, 6) is -0.298. The Kier molecular flexibility index (Phi) is 4.40. The Morgan fingerprint density at radius 1 is 1.20 bits per heavy atom. The largest absolute Gasteiger partial charge is 0.370 e. The van der Waals surface area contributed by atoms with E-state index in [0.717, 1.165) is 11.3 Å². The summed E-state index contributed by atoms with van der Waals surface area (Å²) in [5, 5.41) is 0.445. The summed E-state index contributed by atoms with van der Waals surface area (Å²) >= 11 is 6.10. The van der Waals surface area contributed by atoms with E-state index < -0.39 is 0 Å². The fourth-order valence-corrected chi connectivity index (χ4v) is 2.29. The summed E-state index contributed by atoms with van der Waals surface area (Å²) < 4.78 is 12.9. The highest BCUT2D eigenvalue weighted by molar-refractivity contribution is 6.34. The van der Waals surface area contributed by atoms with E-state index in [4.69, 9.17) is 11.6 Å². The molecular formula is C16H15ClFNO. The molecule has 2 aromatic rings. The van der Waals surface area contributed by atoms with Crippen LogP contribution in [0, 0.1) is 5.82 Å². The minimum absolute atomic E-state index is 0.0530. The van der Waals surface area contributed by atoms with Crippen LogP contribution in [0.3, 0.4) is 0 Å². The van der Waals surface area contributed by atoms with Crippen LogP contribution in [0.1, 0.15) is 22.8 Å². The minimum atomic E-state index is -0.245. The number of ketones is 1. The van der Waals surface area contributed by atoms with E-state index in [1.165, 1.54) is 19.1 Å². The van der Waals surface area contributed by atoms with Gasteiger partial charge in [-0.1, -0.05) is 23.7 Å². The predicted molar refractivity (Wildman–Crippen MR) is 80.0 cm³/mol. The Morgan fingerprint density at radius 2 is 1.85 bits per heavy atom. The molecule has 0 atom stereocenters. The van der Waals surface area contributed by atoms with Crippen molar-refractivity contribution in [2.75, 3.05) is 11.9 Å². The summed E-state index contributed by atoms with van der Waals surface area (Å²) in [6.45, 7) is 2.12. The van der Waals surface area contributed by atoms with Crippen molar-refractivity contribution in [2.45, 2.75) is 13.5 Å². The van der Waals surface area contributed by atoms with Crippen molar-refractivity contribution < 1.29 is 9.18 Å². The van der Waals surface area contributed by atoms with Crippen molar-refractivity contribution >= 4 is 23.1 Å². The van der Waals surface area contributed by atoms with Crippen LogP contribution in [-0.4, -0.2) is 12.8 Å². The molecule has 2 nitrogen and oxygen atoms in total. The van der Waals surface area contributed by atoms with Gasteiger partial charge in [0.15, 0.2) is 5.78 Å². The molecule has 4 heteroatoms. The van der Waals surface area contributed by atoms with Crippen LogP contribution >= 0.6 is 11.6 Å². The van der Waals surface area contributed by atoms with Crippen molar-refractivity contribution in [3.63, 3.8) is 0 Å². The Bertz CT molecular complexity index is 625. The number of anilines is 1. The standard InChI is InChI=1S/C16H15ClFNO/c1-11(20)15-8-7-14(9-16(15)17)19(2)10-12-3-5-13(18)6-4-12/h3-9H,10H2,1-2H3. The van der Waals surface area contributed by atoms with E-state index in [0.29, 0.717) is 17.1 Å². The number of rotatable bonds is 4. The molecule has 2 aromatic carbocycles. The van der Waals surface area contributed by atoms with Crippen molar-refractivity contribution in [1.29, 1.82) is 0 Å². The molecule has 0 unspecified atom stereocenters. The van der Waals surface area contributed by atoms with Gasteiger partial charge in [-0.25, -0.2) is 4.39 Å². The fraction of sp³-hybridized carbons (Fsp3) is 0.188. The molecule has 0 fully saturated rings. The SMILES string of the molecule is CC(=O)c1ccc(N(C)Cc2ccc(F)cc2)cc1Cl. The molecule has 0 bridgehead atoms. The van der Waals surface area contributed by atoms with E-state index in [2.05, 4.69) is 0 Å². The number of Topliss-reactive ketones (excluding diaryl/α,β-unsaturated/α-hetero) is 1. The molecule has 0 spiro atoms. The van der Waals surface area contributed by atoms with Gasteiger partial charge < -0.3 is 4.90 Å². The minimum Gasteiger partial charge on any atom is -0.370 e. The molecule has 0 aliphatic carbocycles. The van der Waals surface area contributed by atoms with Gasteiger partial charge in [0.1, 0.15) is 5.82 Å². The molecule has 0 N–H and O–H groups in total. The lowest BCUT2D eigenvalue weighted by Crippen LogP contribution is -2.16. The van der Waals surface area contributed by atoms with Gasteiger partial charge in [-0.15, -0.1) is 0 Å². The van der Waals surface area contributed by atoms with Gasteiger partial charge in [-0.2, -0.15) is 0 Å². The van der Waals surface area contributed by atoms with Gasteiger partial charge in [0, 0.05) is 24.8 Å². The van der Waals surface area contributed by atoms with Crippen molar-refractivity contribution in [1.82, 2.24) is 0 Å². The van der Waals surface area contributed by atoms with Gasteiger partial charge in [-0.3, -0.25) is 4.79 Å². The summed E-state index contributed by atoms with van der Waals surface area (Å²) in [6.07, 6.45) is 0. The van der Waals surface area contributed by atoms with E-state index in [-0.39, 0.29) is 11.6 Å². The molecule has 0 aliphatic rings. The van der Waals surface area contributed by atoms with Crippen LogP contribution < -0.4 is 4.90 Å². The van der Waals surface area contributed by atoms with Crippen LogP contribution in [0.4, 0.5) is 10.1 Å². The summed E-state index contributed by atoms with van der Waals surface area (Å²) in [4.78, 5) is 13.3.